The van der Waals surface area contributed by atoms with E-state index >= 15 is 0 Å². The van der Waals surface area contributed by atoms with E-state index in [9.17, 15) is 0 Å². The molecule has 0 fully saturated rings. The van der Waals surface area contributed by atoms with E-state index in [-0.39, 0.29) is 5.41 Å². The van der Waals surface area contributed by atoms with Crippen molar-refractivity contribution >= 4 is 21.4 Å². The Morgan fingerprint density at radius 1 is 1.22 bits per heavy atom. The third-order valence-corrected chi connectivity index (χ3v) is 5.18. The zero-order valence-corrected chi connectivity index (χ0v) is 14.6. The molecule has 0 radical (unpaired) electrons. The van der Waals surface area contributed by atoms with Gasteiger partial charge < -0.3 is 10.1 Å². The summed E-state index contributed by atoms with van der Waals surface area (Å²) in [6, 6.07) is 12.6. The number of fused-ring (bicyclic) bond motifs is 1. The largest absolute Gasteiger partial charge is 0.497 e. The number of hydrogen-bond acceptors (Lipinski definition) is 4. The zero-order valence-electron chi connectivity index (χ0n) is 13.8. The maximum absolute atomic E-state index is 5.33. The number of rotatable bonds is 6. The van der Waals surface area contributed by atoms with Crippen molar-refractivity contribution in [2.45, 2.75) is 25.8 Å². The van der Waals surface area contributed by atoms with Crippen LogP contribution in [0.3, 0.4) is 0 Å². The highest BCUT2D eigenvalue weighted by Gasteiger charge is 2.20. The smallest absolute Gasteiger partial charge is 0.119 e. The van der Waals surface area contributed by atoms with Crippen molar-refractivity contribution in [3.63, 3.8) is 0 Å². The van der Waals surface area contributed by atoms with E-state index < -0.39 is 0 Å². The molecule has 3 rings (SSSR count). The first-order valence-corrected chi connectivity index (χ1v) is 8.58. The van der Waals surface area contributed by atoms with Gasteiger partial charge in [-0.1, -0.05) is 26.0 Å². The highest BCUT2D eigenvalue weighted by molar-refractivity contribution is 7.19. The minimum absolute atomic E-state index is 0.0484. The van der Waals surface area contributed by atoms with E-state index in [0.29, 0.717) is 0 Å². The van der Waals surface area contributed by atoms with Gasteiger partial charge in [-0.3, -0.25) is 4.98 Å². The van der Waals surface area contributed by atoms with Crippen LogP contribution in [-0.4, -0.2) is 18.6 Å². The monoisotopic (exact) mass is 326 g/mol. The highest BCUT2D eigenvalue weighted by atomic mass is 32.1. The Bertz CT molecular complexity index is 762. The van der Waals surface area contributed by atoms with Crippen molar-refractivity contribution in [3.05, 3.63) is 59.2 Å². The van der Waals surface area contributed by atoms with Gasteiger partial charge in [-0.2, -0.15) is 0 Å². The second-order valence-corrected chi connectivity index (χ2v) is 7.51. The quantitative estimate of drug-likeness (QED) is 0.730. The van der Waals surface area contributed by atoms with Gasteiger partial charge in [-0.25, -0.2) is 0 Å². The van der Waals surface area contributed by atoms with E-state index in [1.165, 1.54) is 20.5 Å². The number of nitrogens with zero attached hydrogens (tertiary/aromatic N) is 1. The Morgan fingerprint density at radius 2 is 2.09 bits per heavy atom. The van der Waals surface area contributed by atoms with Crippen molar-refractivity contribution in [2.24, 2.45) is 0 Å². The van der Waals surface area contributed by atoms with Crippen LogP contribution in [0.5, 0.6) is 5.75 Å². The van der Waals surface area contributed by atoms with Crippen molar-refractivity contribution in [3.8, 4) is 5.75 Å². The average molecular weight is 326 g/mol. The molecular formula is C19H22N2OS. The topological polar surface area (TPSA) is 34.1 Å². The number of nitrogens with one attached hydrogen (secondary N) is 1. The van der Waals surface area contributed by atoms with Crippen LogP contribution < -0.4 is 10.1 Å². The Balaban J connectivity index is 1.64. The van der Waals surface area contributed by atoms with Crippen LogP contribution in [0.1, 0.15) is 24.3 Å². The lowest BCUT2D eigenvalue weighted by atomic mass is 9.84. The zero-order chi connectivity index (χ0) is 16.3. The fourth-order valence-electron chi connectivity index (χ4n) is 2.67. The lowest BCUT2D eigenvalue weighted by Gasteiger charge is -2.26. The number of pyridine rings is 1. The molecule has 3 nitrogen and oxygen atoms in total. The van der Waals surface area contributed by atoms with Crippen molar-refractivity contribution in [2.75, 3.05) is 13.7 Å². The molecule has 0 aliphatic heterocycles. The first-order valence-electron chi connectivity index (χ1n) is 7.76. The van der Waals surface area contributed by atoms with Crippen LogP contribution in [-0.2, 0) is 12.0 Å². The molecule has 120 valence electrons. The molecule has 3 aromatic rings. The minimum atomic E-state index is 0.0484. The van der Waals surface area contributed by atoms with E-state index in [2.05, 4.69) is 54.5 Å². The number of ether oxygens (including phenoxy) is 1. The van der Waals surface area contributed by atoms with Gasteiger partial charge in [0.1, 0.15) is 5.75 Å². The maximum Gasteiger partial charge on any atom is 0.119 e. The van der Waals surface area contributed by atoms with Gasteiger partial charge in [0.2, 0.25) is 0 Å². The molecule has 0 spiro atoms. The number of aromatic nitrogens is 1. The second-order valence-electron chi connectivity index (χ2n) is 6.35. The third-order valence-electron chi connectivity index (χ3n) is 4.09. The normalized spacial score (nSPS) is 11.8. The van der Waals surface area contributed by atoms with E-state index in [0.717, 1.165) is 18.8 Å². The van der Waals surface area contributed by atoms with Crippen molar-refractivity contribution in [1.29, 1.82) is 0 Å². The molecule has 0 aliphatic rings. The molecule has 0 atom stereocenters. The molecule has 0 saturated heterocycles. The van der Waals surface area contributed by atoms with E-state index in [1.54, 1.807) is 18.4 Å². The van der Waals surface area contributed by atoms with Gasteiger partial charge in [0, 0.05) is 35.8 Å². The van der Waals surface area contributed by atoms with Crippen LogP contribution in [0.25, 0.3) is 10.1 Å². The molecule has 4 heteroatoms. The SMILES string of the molecule is COc1cccc(C(C)(C)CNCc2cc3ccncc3s2)c1. The standard InChI is InChI=1S/C19H22N2OS/c1-19(2,15-5-4-6-16(10-15)22-3)13-21-11-17-9-14-7-8-20-12-18(14)23-17/h4-10,12,21H,11,13H2,1-3H3. The average Bonchev–Trinajstić information content (AvgIpc) is 2.97. The molecule has 1 N–H and O–H groups in total. The molecule has 0 unspecified atom stereocenters. The highest BCUT2D eigenvalue weighted by Crippen LogP contribution is 2.27. The third kappa shape index (κ3) is 3.71. The summed E-state index contributed by atoms with van der Waals surface area (Å²) in [5.74, 6) is 0.910. The van der Waals surface area contributed by atoms with Crippen LogP contribution in [0, 0.1) is 0 Å². The Hall–Kier alpha value is -1.91. The predicted molar refractivity (Wildman–Crippen MR) is 97.3 cm³/mol. The van der Waals surface area contributed by atoms with E-state index in [1.807, 2.05) is 18.5 Å². The van der Waals surface area contributed by atoms with Gasteiger partial charge in [0.05, 0.1) is 11.8 Å². The summed E-state index contributed by atoms with van der Waals surface area (Å²) in [6.07, 6.45) is 3.78. The molecule has 2 aromatic heterocycles. The van der Waals surface area contributed by atoms with Crippen molar-refractivity contribution in [1.82, 2.24) is 10.3 Å². The fourth-order valence-corrected chi connectivity index (χ4v) is 3.67. The lowest BCUT2D eigenvalue weighted by Crippen LogP contribution is -2.32. The van der Waals surface area contributed by atoms with Crippen LogP contribution in [0.15, 0.2) is 48.8 Å². The summed E-state index contributed by atoms with van der Waals surface area (Å²) in [4.78, 5) is 5.52. The van der Waals surface area contributed by atoms with E-state index in [4.69, 9.17) is 4.74 Å². The van der Waals surface area contributed by atoms with Gasteiger partial charge in [-0.05, 0) is 35.2 Å². The Labute approximate surface area is 141 Å². The van der Waals surface area contributed by atoms with Gasteiger partial charge in [-0.15, -0.1) is 11.3 Å². The number of benzene rings is 1. The molecular weight excluding hydrogens is 304 g/mol. The Morgan fingerprint density at radius 3 is 2.87 bits per heavy atom. The molecule has 2 heterocycles. The summed E-state index contributed by atoms with van der Waals surface area (Å²) in [6.45, 7) is 6.30. The number of hydrogen-bond donors (Lipinski definition) is 1. The fraction of sp³-hybridized carbons (Fsp3) is 0.316. The van der Waals surface area contributed by atoms with Gasteiger partial charge in [0.25, 0.3) is 0 Å². The number of methoxy groups -OCH3 is 1. The molecule has 1 aromatic carbocycles. The van der Waals surface area contributed by atoms with Crippen LogP contribution >= 0.6 is 11.3 Å². The summed E-state index contributed by atoms with van der Waals surface area (Å²) in [7, 11) is 1.71. The molecule has 0 amide bonds. The molecule has 0 bridgehead atoms. The van der Waals surface area contributed by atoms with Crippen LogP contribution in [0.4, 0.5) is 0 Å². The molecule has 23 heavy (non-hydrogen) atoms. The predicted octanol–water partition coefficient (Wildman–Crippen LogP) is 4.37. The van der Waals surface area contributed by atoms with Gasteiger partial charge >= 0.3 is 0 Å². The summed E-state index contributed by atoms with van der Waals surface area (Å²) < 4.78 is 6.58. The first kappa shape index (κ1) is 16.0. The summed E-state index contributed by atoms with van der Waals surface area (Å²) in [5.41, 5.74) is 1.33. The molecule has 0 saturated carbocycles. The summed E-state index contributed by atoms with van der Waals surface area (Å²) >= 11 is 1.80. The van der Waals surface area contributed by atoms with Gasteiger partial charge in [0.15, 0.2) is 0 Å². The number of thiophene rings is 1. The second kappa shape index (κ2) is 6.69. The lowest BCUT2D eigenvalue weighted by molar-refractivity contribution is 0.410. The first-order chi connectivity index (χ1) is 11.1. The maximum atomic E-state index is 5.33. The van der Waals surface area contributed by atoms with Crippen molar-refractivity contribution < 1.29 is 4.74 Å². The van der Waals surface area contributed by atoms with Crippen LogP contribution in [0.2, 0.25) is 0 Å². The summed E-state index contributed by atoms with van der Waals surface area (Å²) in [5, 5.41) is 4.86. The molecule has 0 aliphatic carbocycles. The minimum Gasteiger partial charge on any atom is -0.497 e. The Kier molecular flexibility index (Phi) is 4.64.